The highest BCUT2D eigenvalue weighted by Gasteiger charge is 2.30. The zero-order chi connectivity index (χ0) is 15.2. The number of hydrogen-bond acceptors (Lipinski definition) is 3. The number of aliphatic carboxylic acids is 1. The van der Waals surface area contributed by atoms with Gasteiger partial charge in [0.1, 0.15) is 12.4 Å². The Labute approximate surface area is 123 Å². The number of aryl methyl sites for hydroxylation is 1. The van der Waals surface area contributed by atoms with Crippen LogP contribution in [0.3, 0.4) is 0 Å². The Kier molecular flexibility index (Phi) is 5.03. The third kappa shape index (κ3) is 4.37. The molecule has 1 aromatic carbocycles. The van der Waals surface area contributed by atoms with E-state index in [9.17, 15) is 9.59 Å². The summed E-state index contributed by atoms with van der Waals surface area (Å²) in [6, 6.07) is 7.47. The van der Waals surface area contributed by atoms with Crippen LogP contribution >= 0.6 is 0 Å². The summed E-state index contributed by atoms with van der Waals surface area (Å²) in [5.41, 5.74) is 1.12. The largest absolute Gasteiger partial charge is 0.492 e. The van der Waals surface area contributed by atoms with Gasteiger partial charge in [0.15, 0.2) is 0 Å². The summed E-state index contributed by atoms with van der Waals surface area (Å²) in [5, 5.41) is 11.6. The van der Waals surface area contributed by atoms with Gasteiger partial charge < -0.3 is 20.1 Å². The van der Waals surface area contributed by atoms with Crippen LogP contribution in [0.25, 0.3) is 0 Å². The van der Waals surface area contributed by atoms with Crippen molar-refractivity contribution in [2.75, 3.05) is 26.2 Å². The maximum absolute atomic E-state index is 11.8. The van der Waals surface area contributed by atoms with Gasteiger partial charge in [-0.25, -0.2) is 4.79 Å². The number of ether oxygens (including phenoxy) is 1. The van der Waals surface area contributed by atoms with Crippen LogP contribution in [0.15, 0.2) is 24.3 Å². The predicted octanol–water partition coefficient (Wildman–Crippen LogP) is 1.49. The van der Waals surface area contributed by atoms with Gasteiger partial charge in [0.2, 0.25) is 0 Å². The molecule has 6 heteroatoms. The molecule has 21 heavy (non-hydrogen) atoms. The average molecular weight is 292 g/mol. The highest BCUT2D eigenvalue weighted by Crippen LogP contribution is 2.16. The number of benzene rings is 1. The summed E-state index contributed by atoms with van der Waals surface area (Å²) in [7, 11) is 0. The van der Waals surface area contributed by atoms with Crippen LogP contribution in [0.5, 0.6) is 5.75 Å². The van der Waals surface area contributed by atoms with Crippen molar-refractivity contribution < 1.29 is 19.4 Å². The second kappa shape index (κ2) is 6.97. The first-order valence-electron chi connectivity index (χ1n) is 7.01. The Morgan fingerprint density at radius 1 is 1.48 bits per heavy atom. The van der Waals surface area contributed by atoms with Gasteiger partial charge in [0.25, 0.3) is 0 Å². The number of carbonyl (C=O) groups excluding carboxylic acids is 1. The van der Waals surface area contributed by atoms with E-state index < -0.39 is 11.9 Å². The van der Waals surface area contributed by atoms with E-state index in [1.54, 1.807) is 0 Å². The summed E-state index contributed by atoms with van der Waals surface area (Å²) in [4.78, 5) is 24.2. The van der Waals surface area contributed by atoms with Gasteiger partial charge in [-0.3, -0.25) is 4.79 Å². The van der Waals surface area contributed by atoms with E-state index in [0.717, 1.165) is 11.3 Å². The van der Waals surface area contributed by atoms with E-state index in [1.807, 2.05) is 31.2 Å². The molecule has 6 nitrogen and oxygen atoms in total. The number of nitrogens with one attached hydrogen (secondary N) is 1. The van der Waals surface area contributed by atoms with E-state index in [2.05, 4.69) is 5.32 Å². The van der Waals surface area contributed by atoms with Crippen molar-refractivity contribution in [3.63, 3.8) is 0 Å². The van der Waals surface area contributed by atoms with E-state index >= 15 is 0 Å². The summed E-state index contributed by atoms with van der Waals surface area (Å²) < 4.78 is 5.53. The van der Waals surface area contributed by atoms with Crippen molar-refractivity contribution >= 4 is 12.0 Å². The van der Waals surface area contributed by atoms with Crippen LogP contribution in [0.4, 0.5) is 4.79 Å². The Morgan fingerprint density at radius 3 is 2.95 bits per heavy atom. The molecule has 1 aliphatic heterocycles. The van der Waals surface area contributed by atoms with Crippen molar-refractivity contribution in [2.45, 2.75) is 13.3 Å². The summed E-state index contributed by atoms with van der Waals surface area (Å²) in [5.74, 6) is -0.510. The van der Waals surface area contributed by atoms with Gasteiger partial charge in [-0.1, -0.05) is 12.1 Å². The lowest BCUT2D eigenvalue weighted by Crippen LogP contribution is -2.40. The number of hydrogen-bond donors (Lipinski definition) is 2. The van der Waals surface area contributed by atoms with Crippen LogP contribution in [0.2, 0.25) is 0 Å². The number of likely N-dealkylation sites (tertiary alicyclic amines) is 1. The van der Waals surface area contributed by atoms with Crippen molar-refractivity contribution in [3.05, 3.63) is 29.8 Å². The van der Waals surface area contributed by atoms with Crippen molar-refractivity contribution in [1.29, 1.82) is 0 Å². The van der Waals surface area contributed by atoms with Gasteiger partial charge >= 0.3 is 12.0 Å². The van der Waals surface area contributed by atoms with Crippen LogP contribution in [-0.2, 0) is 4.79 Å². The number of carbonyl (C=O) groups is 2. The molecular weight excluding hydrogens is 272 g/mol. The zero-order valence-corrected chi connectivity index (χ0v) is 12.0. The molecule has 0 bridgehead atoms. The number of carboxylic acid groups (broad SMARTS) is 1. The monoisotopic (exact) mass is 292 g/mol. The molecule has 2 N–H and O–H groups in total. The van der Waals surface area contributed by atoms with E-state index in [4.69, 9.17) is 9.84 Å². The molecule has 0 spiro atoms. The topological polar surface area (TPSA) is 78.9 Å². The van der Waals surface area contributed by atoms with Crippen molar-refractivity contribution in [2.24, 2.45) is 5.92 Å². The lowest BCUT2D eigenvalue weighted by Gasteiger charge is -2.16. The minimum atomic E-state index is -0.840. The second-order valence-corrected chi connectivity index (χ2v) is 5.17. The molecule has 0 radical (unpaired) electrons. The maximum atomic E-state index is 11.8. The van der Waals surface area contributed by atoms with Crippen molar-refractivity contribution in [1.82, 2.24) is 10.2 Å². The van der Waals surface area contributed by atoms with Gasteiger partial charge in [0.05, 0.1) is 12.5 Å². The van der Waals surface area contributed by atoms with E-state index in [-0.39, 0.29) is 12.6 Å². The average Bonchev–Trinajstić information content (AvgIpc) is 2.93. The fraction of sp³-hybridized carbons (Fsp3) is 0.467. The van der Waals surface area contributed by atoms with Crippen LogP contribution in [0.1, 0.15) is 12.0 Å². The molecule has 1 unspecified atom stereocenters. The first-order chi connectivity index (χ1) is 10.1. The van der Waals surface area contributed by atoms with E-state index in [1.165, 1.54) is 4.90 Å². The predicted molar refractivity (Wildman–Crippen MR) is 77.4 cm³/mol. The minimum Gasteiger partial charge on any atom is -0.492 e. The zero-order valence-electron chi connectivity index (χ0n) is 12.0. The van der Waals surface area contributed by atoms with Gasteiger partial charge in [0, 0.05) is 13.1 Å². The Bertz CT molecular complexity index is 518. The van der Waals surface area contributed by atoms with Crippen LogP contribution < -0.4 is 10.1 Å². The lowest BCUT2D eigenvalue weighted by molar-refractivity contribution is -0.141. The van der Waals surface area contributed by atoms with Crippen LogP contribution in [0, 0.1) is 12.8 Å². The number of carboxylic acids is 1. The molecular formula is C15H20N2O4. The summed E-state index contributed by atoms with van der Waals surface area (Å²) in [6.45, 7) is 3.52. The number of amides is 2. The molecule has 0 aliphatic carbocycles. The molecule has 1 aromatic rings. The normalized spacial score (nSPS) is 17.6. The molecule has 1 atom stereocenters. The Hall–Kier alpha value is -2.24. The fourth-order valence-corrected chi connectivity index (χ4v) is 2.29. The molecule has 1 fully saturated rings. The molecule has 1 saturated heterocycles. The van der Waals surface area contributed by atoms with E-state index in [0.29, 0.717) is 26.1 Å². The highest BCUT2D eigenvalue weighted by molar-refractivity contribution is 5.77. The first kappa shape index (κ1) is 15.2. The number of nitrogens with zero attached hydrogens (tertiary/aromatic N) is 1. The van der Waals surface area contributed by atoms with Gasteiger partial charge in [-0.05, 0) is 31.0 Å². The van der Waals surface area contributed by atoms with Crippen molar-refractivity contribution in [3.8, 4) is 5.75 Å². The molecule has 114 valence electrons. The van der Waals surface area contributed by atoms with Gasteiger partial charge in [-0.2, -0.15) is 0 Å². The SMILES string of the molecule is Cc1cccc(OCCNC(=O)N2CCC(C(=O)O)C2)c1. The molecule has 0 saturated carbocycles. The molecule has 2 amide bonds. The maximum Gasteiger partial charge on any atom is 0.317 e. The molecule has 2 rings (SSSR count). The standard InChI is InChI=1S/C15H20N2O4/c1-11-3-2-4-13(9-11)21-8-6-16-15(20)17-7-5-12(10-17)14(18)19/h2-4,9,12H,5-8,10H2,1H3,(H,16,20)(H,18,19). The molecule has 1 heterocycles. The molecule has 1 aliphatic rings. The summed E-state index contributed by atoms with van der Waals surface area (Å²) in [6.07, 6.45) is 0.516. The lowest BCUT2D eigenvalue weighted by atomic mass is 10.1. The first-order valence-corrected chi connectivity index (χ1v) is 7.01. The Morgan fingerprint density at radius 2 is 2.29 bits per heavy atom. The van der Waals surface area contributed by atoms with Gasteiger partial charge in [-0.15, -0.1) is 0 Å². The quantitative estimate of drug-likeness (QED) is 0.806. The number of urea groups is 1. The molecule has 0 aromatic heterocycles. The highest BCUT2D eigenvalue weighted by atomic mass is 16.5. The third-order valence-corrected chi connectivity index (χ3v) is 3.46. The third-order valence-electron chi connectivity index (χ3n) is 3.46. The Balaban J connectivity index is 1.67. The number of rotatable bonds is 5. The fourth-order valence-electron chi connectivity index (χ4n) is 2.29. The van der Waals surface area contributed by atoms with Crippen LogP contribution in [-0.4, -0.2) is 48.2 Å². The second-order valence-electron chi connectivity index (χ2n) is 5.17. The minimum absolute atomic E-state index is 0.230. The summed E-state index contributed by atoms with van der Waals surface area (Å²) >= 11 is 0. The smallest absolute Gasteiger partial charge is 0.317 e.